The Labute approximate surface area is 188 Å². The molecule has 2 rings (SSSR count). The molecular weight excluding hydrogens is 532 g/mol. The Hall–Kier alpha value is -2.15. The number of alkyl halides is 6. The molecule has 0 saturated carbocycles. The molecule has 0 radical (unpaired) electrons. The first-order chi connectivity index (χ1) is 14.6. The van der Waals surface area contributed by atoms with Gasteiger partial charge in [-0.3, -0.25) is 4.72 Å². The fraction of sp³-hybridized carbons (Fsp3) is 0.368. The summed E-state index contributed by atoms with van der Waals surface area (Å²) in [6.45, 7) is 0.320. The molecule has 0 heterocycles. The number of hydrogen-bond acceptors (Lipinski definition) is 4. The van der Waals surface area contributed by atoms with Crippen LogP contribution in [0.5, 0.6) is 11.5 Å². The third kappa shape index (κ3) is 7.76. The van der Waals surface area contributed by atoms with Crippen LogP contribution < -0.4 is 14.2 Å². The molecule has 0 unspecified atom stereocenters. The smallest absolute Gasteiger partial charge is 0.422 e. The largest absolute Gasteiger partial charge is 0.484 e. The van der Waals surface area contributed by atoms with Crippen LogP contribution in [-0.2, 0) is 10.0 Å². The van der Waals surface area contributed by atoms with Gasteiger partial charge in [0.05, 0.1) is 5.69 Å². The first-order valence-corrected chi connectivity index (χ1v) is 11.2. The van der Waals surface area contributed by atoms with Gasteiger partial charge in [-0.25, -0.2) is 8.42 Å². The van der Waals surface area contributed by atoms with Crippen LogP contribution in [0.15, 0.2) is 45.8 Å². The molecular formula is C19H18BrF6NO4S. The summed E-state index contributed by atoms with van der Waals surface area (Å²) in [7, 11) is -4.58. The van der Waals surface area contributed by atoms with Crippen LogP contribution in [0.25, 0.3) is 0 Å². The SMILES string of the molecule is CC(C)c1ccc(NS(=O)(=O)c2cc(OCC(F)(F)F)ccc2OCC(F)(F)F)c(Br)c1. The zero-order valence-electron chi connectivity index (χ0n) is 16.6. The Morgan fingerprint density at radius 1 is 0.938 bits per heavy atom. The number of rotatable bonds is 8. The standard InChI is InChI=1S/C19H18BrF6NO4S/c1-11(2)12-3-5-15(14(20)7-12)27-32(28,29)17-8-13(30-9-18(21,22)23)4-6-16(17)31-10-19(24,25)26/h3-8,11,27H,9-10H2,1-2H3. The maximum Gasteiger partial charge on any atom is 0.422 e. The molecule has 2 aromatic carbocycles. The van der Waals surface area contributed by atoms with Gasteiger partial charge in [0.25, 0.3) is 10.0 Å². The minimum absolute atomic E-state index is 0.0674. The zero-order chi connectivity index (χ0) is 24.3. The predicted molar refractivity (Wildman–Crippen MR) is 109 cm³/mol. The van der Waals surface area contributed by atoms with Gasteiger partial charge in [-0.2, -0.15) is 26.3 Å². The summed E-state index contributed by atoms with van der Waals surface area (Å²) >= 11 is 3.22. The van der Waals surface area contributed by atoms with Gasteiger partial charge in [-0.05, 0) is 51.7 Å². The first kappa shape index (κ1) is 26.1. The van der Waals surface area contributed by atoms with E-state index in [9.17, 15) is 34.8 Å². The number of hydrogen-bond donors (Lipinski definition) is 1. The van der Waals surface area contributed by atoms with Gasteiger partial charge in [0.1, 0.15) is 16.4 Å². The van der Waals surface area contributed by atoms with Crippen molar-refractivity contribution in [2.24, 2.45) is 0 Å². The zero-order valence-corrected chi connectivity index (χ0v) is 19.0. The number of sulfonamides is 1. The Balaban J connectivity index is 2.42. The highest BCUT2D eigenvalue weighted by molar-refractivity contribution is 9.10. The summed E-state index contributed by atoms with van der Waals surface area (Å²) < 4.78 is 112. The molecule has 0 fully saturated rings. The van der Waals surface area contributed by atoms with Gasteiger partial charge in [0.2, 0.25) is 0 Å². The quantitative estimate of drug-likeness (QED) is 0.395. The third-order valence-electron chi connectivity index (χ3n) is 3.90. The van der Waals surface area contributed by atoms with Crippen molar-refractivity contribution >= 4 is 31.6 Å². The van der Waals surface area contributed by atoms with E-state index in [1.165, 1.54) is 6.07 Å². The van der Waals surface area contributed by atoms with Crippen molar-refractivity contribution in [2.45, 2.75) is 37.0 Å². The summed E-state index contributed by atoms with van der Waals surface area (Å²) in [6, 6.07) is 7.09. The predicted octanol–water partition coefficient (Wildman–Crippen LogP) is 6.26. The molecule has 32 heavy (non-hydrogen) atoms. The number of ether oxygens (including phenoxy) is 2. The molecule has 13 heteroatoms. The summed E-state index contributed by atoms with van der Waals surface area (Å²) in [6.07, 6.45) is -9.47. The maximum atomic E-state index is 12.9. The summed E-state index contributed by atoms with van der Waals surface area (Å²) in [5.41, 5.74) is 0.953. The lowest BCUT2D eigenvalue weighted by Gasteiger charge is -2.17. The summed E-state index contributed by atoms with van der Waals surface area (Å²) in [4.78, 5) is -0.818. The van der Waals surface area contributed by atoms with Crippen molar-refractivity contribution in [2.75, 3.05) is 17.9 Å². The van der Waals surface area contributed by atoms with Crippen LogP contribution in [0.1, 0.15) is 25.3 Å². The molecule has 0 saturated heterocycles. The minimum Gasteiger partial charge on any atom is -0.484 e. The van der Waals surface area contributed by atoms with E-state index in [1.807, 2.05) is 13.8 Å². The molecule has 2 aromatic rings. The fourth-order valence-electron chi connectivity index (χ4n) is 2.41. The molecule has 0 bridgehead atoms. The Morgan fingerprint density at radius 2 is 1.53 bits per heavy atom. The second kappa shape index (κ2) is 9.77. The van der Waals surface area contributed by atoms with E-state index >= 15 is 0 Å². The van der Waals surface area contributed by atoms with Crippen LogP contribution in [-0.4, -0.2) is 34.0 Å². The van der Waals surface area contributed by atoms with Crippen molar-refractivity contribution in [1.82, 2.24) is 0 Å². The average molecular weight is 550 g/mol. The van der Waals surface area contributed by atoms with Crippen molar-refractivity contribution in [3.05, 3.63) is 46.4 Å². The van der Waals surface area contributed by atoms with E-state index in [2.05, 4.69) is 30.1 Å². The van der Waals surface area contributed by atoms with Gasteiger partial charge in [0, 0.05) is 10.5 Å². The van der Waals surface area contributed by atoms with Gasteiger partial charge < -0.3 is 9.47 Å². The lowest BCUT2D eigenvalue weighted by atomic mass is 10.0. The molecule has 0 aromatic heterocycles. The van der Waals surface area contributed by atoms with Gasteiger partial charge >= 0.3 is 12.4 Å². The number of anilines is 1. The van der Waals surface area contributed by atoms with E-state index < -0.39 is 52.0 Å². The topological polar surface area (TPSA) is 64.6 Å². The molecule has 5 nitrogen and oxygen atoms in total. The molecule has 1 N–H and O–H groups in total. The highest BCUT2D eigenvalue weighted by atomic mass is 79.9. The van der Waals surface area contributed by atoms with E-state index in [4.69, 9.17) is 0 Å². The molecule has 0 atom stereocenters. The van der Waals surface area contributed by atoms with E-state index in [0.29, 0.717) is 10.5 Å². The lowest BCUT2D eigenvalue weighted by Crippen LogP contribution is -2.22. The molecule has 0 aliphatic rings. The Bertz CT molecular complexity index is 1050. The van der Waals surface area contributed by atoms with Gasteiger partial charge in [-0.1, -0.05) is 19.9 Å². The van der Waals surface area contributed by atoms with Crippen LogP contribution in [0, 0.1) is 0 Å². The van der Waals surface area contributed by atoms with Crippen LogP contribution in [0.3, 0.4) is 0 Å². The first-order valence-electron chi connectivity index (χ1n) is 8.93. The molecule has 0 amide bonds. The summed E-state index contributed by atoms with van der Waals surface area (Å²) in [5, 5.41) is 0. The van der Waals surface area contributed by atoms with Gasteiger partial charge in [-0.15, -0.1) is 0 Å². The monoisotopic (exact) mass is 549 g/mol. The Kier molecular flexibility index (Phi) is 7.97. The Morgan fingerprint density at radius 3 is 2.06 bits per heavy atom. The van der Waals surface area contributed by atoms with Crippen molar-refractivity contribution in [1.29, 1.82) is 0 Å². The summed E-state index contributed by atoms with van der Waals surface area (Å²) in [5.74, 6) is -1.08. The second-order valence-corrected chi connectivity index (χ2v) is 9.42. The van der Waals surface area contributed by atoms with E-state index in [1.54, 1.807) is 12.1 Å². The maximum absolute atomic E-state index is 12.9. The number of nitrogens with one attached hydrogen (secondary N) is 1. The second-order valence-electron chi connectivity index (χ2n) is 6.92. The number of benzene rings is 2. The van der Waals surface area contributed by atoms with Crippen molar-refractivity contribution < 1.29 is 44.2 Å². The average Bonchev–Trinajstić information content (AvgIpc) is 2.65. The van der Waals surface area contributed by atoms with Crippen LogP contribution in [0.2, 0.25) is 0 Å². The highest BCUT2D eigenvalue weighted by Crippen LogP contribution is 2.34. The van der Waals surface area contributed by atoms with E-state index in [-0.39, 0.29) is 11.6 Å². The van der Waals surface area contributed by atoms with Gasteiger partial charge in [0.15, 0.2) is 13.2 Å². The molecule has 0 spiro atoms. The third-order valence-corrected chi connectivity index (χ3v) is 5.95. The van der Waals surface area contributed by atoms with Crippen molar-refractivity contribution in [3.63, 3.8) is 0 Å². The lowest BCUT2D eigenvalue weighted by molar-refractivity contribution is -0.154. The normalized spacial score (nSPS) is 12.7. The van der Waals surface area contributed by atoms with Crippen LogP contribution in [0.4, 0.5) is 32.0 Å². The fourth-order valence-corrected chi connectivity index (χ4v) is 4.27. The van der Waals surface area contributed by atoms with E-state index in [0.717, 1.165) is 17.7 Å². The molecule has 0 aliphatic heterocycles. The van der Waals surface area contributed by atoms with Crippen molar-refractivity contribution in [3.8, 4) is 11.5 Å². The molecule has 0 aliphatic carbocycles. The highest BCUT2D eigenvalue weighted by Gasteiger charge is 2.31. The number of halogens is 7. The minimum atomic E-state index is -4.77. The van der Waals surface area contributed by atoms with Crippen LogP contribution >= 0.6 is 15.9 Å². The molecule has 178 valence electrons.